The molecule has 1 spiro atoms. The van der Waals surface area contributed by atoms with Crippen LogP contribution in [0.25, 0.3) is 0 Å². The van der Waals surface area contributed by atoms with E-state index in [9.17, 15) is 18.4 Å². The fraction of sp³-hybridized carbons (Fsp3) is 0.600. The Morgan fingerprint density at radius 2 is 1.85 bits per heavy atom. The van der Waals surface area contributed by atoms with Gasteiger partial charge in [-0.2, -0.15) is 0 Å². The van der Waals surface area contributed by atoms with Crippen molar-refractivity contribution in [3.8, 4) is 0 Å². The summed E-state index contributed by atoms with van der Waals surface area (Å²) in [5.74, 6) is -2.00. The number of halogens is 2. The third-order valence-electron chi connectivity index (χ3n) is 5.50. The van der Waals surface area contributed by atoms with Crippen LogP contribution in [0.5, 0.6) is 0 Å². The summed E-state index contributed by atoms with van der Waals surface area (Å²) in [5, 5.41) is 2.80. The summed E-state index contributed by atoms with van der Waals surface area (Å²) in [7, 11) is 0. The van der Waals surface area contributed by atoms with Crippen molar-refractivity contribution in [2.45, 2.75) is 57.7 Å². The van der Waals surface area contributed by atoms with Gasteiger partial charge in [0, 0.05) is 18.2 Å². The van der Waals surface area contributed by atoms with E-state index in [4.69, 9.17) is 4.74 Å². The maximum Gasteiger partial charge on any atom is 0.257 e. The van der Waals surface area contributed by atoms with E-state index in [1.165, 1.54) is 4.90 Å². The van der Waals surface area contributed by atoms with Crippen LogP contribution >= 0.6 is 0 Å². The van der Waals surface area contributed by atoms with Gasteiger partial charge in [0.15, 0.2) is 0 Å². The minimum atomic E-state index is -0.888. The van der Waals surface area contributed by atoms with Crippen LogP contribution in [0.3, 0.4) is 0 Å². The van der Waals surface area contributed by atoms with Crippen LogP contribution < -0.4 is 5.32 Å². The standard InChI is InChI=1S/C20H26F2N2O3/c1-3-8-23-18(25)17-12-27-20(6-4-13(2)5-7-20)24(17)19(26)14-9-15(21)11-16(22)10-14/h9-11,13,17H,3-8,12H2,1-2H3,(H,23,25)/t13?,17-,20?/m0/s1. The number of nitrogens with zero attached hydrogens (tertiary/aromatic N) is 1. The molecule has 0 aromatic heterocycles. The molecule has 27 heavy (non-hydrogen) atoms. The Hall–Kier alpha value is -2.02. The van der Waals surface area contributed by atoms with Crippen LogP contribution in [-0.4, -0.2) is 41.6 Å². The van der Waals surface area contributed by atoms with Gasteiger partial charge in [-0.3, -0.25) is 14.5 Å². The predicted molar refractivity (Wildman–Crippen MR) is 95.9 cm³/mol. The topological polar surface area (TPSA) is 58.6 Å². The van der Waals surface area contributed by atoms with Gasteiger partial charge < -0.3 is 10.1 Å². The lowest BCUT2D eigenvalue weighted by molar-refractivity contribution is -0.127. The molecule has 1 saturated heterocycles. The Morgan fingerprint density at radius 3 is 2.44 bits per heavy atom. The van der Waals surface area contributed by atoms with Crippen molar-refractivity contribution in [2.24, 2.45) is 5.92 Å². The molecule has 1 saturated carbocycles. The molecule has 0 radical (unpaired) electrons. The van der Waals surface area contributed by atoms with E-state index in [0.717, 1.165) is 37.5 Å². The first kappa shape index (κ1) is 19.7. The van der Waals surface area contributed by atoms with Gasteiger partial charge in [0.25, 0.3) is 5.91 Å². The number of hydrogen-bond donors (Lipinski definition) is 1. The molecule has 0 bridgehead atoms. The number of benzene rings is 1. The quantitative estimate of drug-likeness (QED) is 0.872. The summed E-state index contributed by atoms with van der Waals surface area (Å²) in [4.78, 5) is 27.3. The van der Waals surface area contributed by atoms with Gasteiger partial charge in [0.2, 0.25) is 5.91 Å². The van der Waals surface area contributed by atoms with Crippen LogP contribution in [0.15, 0.2) is 18.2 Å². The van der Waals surface area contributed by atoms with E-state index in [1.54, 1.807) is 0 Å². The summed E-state index contributed by atoms with van der Waals surface area (Å²) in [6, 6.07) is 1.93. The second kappa shape index (κ2) is 7.92. The first-order valence-corrected chi connectivity index (χ1v) is 9.58. The van der Waals surface area contributed by atoms with Crippen LogP contribution in [0.4, 0.5) is 8.78 Å². The summed E-state index contributed by atoms with van der Waals surface area (Å²) < 4.78 is 33.3. The molecule has 1 aromatic rings. The number of ether oxygens (including phenoxy) is 1. The molecule has 2 amide bonds. The highest BCUT2D eigenvalue weighted by atomic mass is 19.1. The average Bonchev–Trinajstić information content (AvgIpc) is 3.00. The smallest absolute Gasteiger partial charge is 0.257 e. The number of amides is 2. The van der Waals surface area contributed by atoms with Crippen molar-refractivity contribution in [1.82, 2.24) is 10.2 Å². The van der Waals surface area contributed by atoms with E-state index in [2.05, 4.69) is 12.2 Å². The molecule has 1 N–H and O–H groups in total. The van der Waals surface area contributed by atoms with Gasteiger partial charge in [-0.05, 0) is 50.2 Å². The fourth-order valence-corrected chi connectivity index (χ4v) is 3.96. The van der Waals surface area contributed by atoms with E-state index >= 15 is 0 Å². The van der Waals surface area contributed by atoms with Gasteiger partial charge in [-0.1, -0.05) is 13.8 Å². The van der Waals surface area contributed by atoms with Crippen molar-refractivity contribution < 1.29 is 23.1 Å². The Kier molecular flexibility index (Phi) is 5.79. The molecule has 2 fully saturated rings. The number of carbonyl (C=O) groups excluding carboxylic acids is 2. The Morgan fingerprint density at radius 1 is 1.22 bits per heavy atom. The maximum atomic E-state index is 13.7. The van der Waals surface area contributed by atoms with Gasteiger partial charge in [0.1, 0.15) is 23.4 Å². The Labute approximate surface area is 158 Å². The Bertz CT molecular complexity index is 697. The van der Waals surface area contributed by atoms with Crippen LogP contribution in [-0.2, 0) is 9.53 Å². The molecule has 3 rings (SSSR count). The van der Waals surface area contributed by atoms with Crippen LogP contribution in [0.2, 0.25) is 0 Å². The molecule has 1 aliphatic heterocycles. The van der Waals surface area contributed by atoms with Gasteiger partial charge in [-0.25, -0.2) is 8.78 Å². The molecule has 7 heteroatoms. The highest BCUT2D eigenvalue weighted by Crippen LogP contribution is 2.43. The lowest BCUT2D eigenvalue weighted by Gasteiger charge is -2.43. The van der Waals surface area contributed by atoms with Crippen LogP contribution in [0, 0.1) is 17.6 Å². The van der Waals surface area contributed by atoms with Gasteiger partial charge in [-0.15, -0.1) is 0 Å². The van der Waals surface area contributed by atoms with E-state index in [0.29, 0.717) is 25.3 Å². The maximum absolute atomic E-state index is 13.7. The molecule has 2 aliphatic rings. The van der Waals surface area contributed by atoms with Crippen LogP contribution in [0.1, 0.15) is 56.3 Å². The van der Waals surface area contributed by atoms with E-state index in [1.807, 2.05) is 6.92 Å². The fourth-order valence-electron chi connectivity index (χ4n) is 3.96. The van der Waals surface area contributed by atoms with Crippen molar-refractivity contribution >= 4 is 11.8 Å². The molecule has 1 atom stereocenters. The lowest BCUT2D eigenvalue weighted by Crippen LogP contribution is -2.56. The second-order valence-electron chi connectivity index (χ2n) is 7.58. The minimum absolute atomic E-state index is 0.0907. The zero-order valence-corrected chi connectivity index (χ0v) is 15.8. The number of hydrogen-bond acceptors (Lipinski definition) is 3. The summed E-state index contributed by atoms with van der Waals surface area (Å²) >= 11 is 0. The first-order valence-electron chi connectivity index (χ1n) is 9.58. The summed E-state index contributed by atoms with van der Waals surface area (Å²) in [5.41, 5.74) is -0.995. The molecule has 5 nitrogen and oxygen atoms in total. The van der Waals surface area contributed by atoms with Crippen molar-refractivity contribution in [3.05, 3.63) is 35.4 Å². The predicted octanol–water partition coefficient (Wildman–Crippen LogP) is 3.24. The molecule has 1 aliphatic carbocycles. The monoisotopic (exact) mass is 380 g/mol. The van der Waals surface area contributed by atoms with E-state index in [-0.39, 0.29) is 18.1 Å². The van der Waals surface area contributed by atoms with Crippen molar-refractivity contribution in [1.29, 1.82) is 0 Å². The van der Waals surface area contributed by atoms with Crippen molar-refractivity contribution in [2.75, 3.05) is 13.2 Å². The number of carbonyl (C=O) groups is 2. The first-order chi connectivity index (χ1) is 12.9. The normalized spacial score (nSPS) is 27.8. The molecule has 1 aromatic carbocycles. The molecular formula is C20H26F2N2O3. The SMILES string of the molecule is CCCNC(=O)[C@@H]1COC2(CCC(C)CC2)N1C(=O)c1cc(F)cc(F)c1. The van der Waals surface area contributed by atoms with Gasteiger partial charge in [0.05, 0.1) is 6.61 Å². The molecular weight excluding hydrogens is 354 g/mol. The Balaban J connectivity index is 1.94. The average molecular weight is 380 g/mol. The highest BCUT2D eigenvalue weighted by molar-refractivity contribution is 5.98. The zero-order valence-electron chi connectivity index (χ0n) is 15.8. The molecule has 1 heterocycles. The third-order valence-corrected chi connectivity index (χ3v) is 5.50. The molecule has 148 valence electrons. The summed E-state index contributed by atoms with van der Waals surface area (Å²) in [6.07, 6.45) is 3.71. The third kappa shape index (κ3) is 3.98. The molecule has 0 unspecified atom stereocenters. The highest BCUT2D eigenvalue weighted by Gasteiger charge is 2.53. The number of nitrogens with one attached hydrogen (secondary N) is 1. The second-order valence-corrected chi connectivity index (χ2v) is 7.58. The summed E-state index contributed by atoms with van der Waals surface area (Å²) in [6.45, 7) is 4.67. The van der Waals surface area contributed by atoms with Crippen molar-refractivity contribution in [3.63, 3.8) is 0 Å². The van der Waals surface area contributed by atoms with E-state index < -0.39 is 29.3 Å². The minimum Gasteiger partial charge on any atom is -0.354 e. The van der Waals surface area contributed by atoms with Gasteiger partial charge >= 0.3 is 0 Å². The largest absolute Gasteiger partial charge is 0.354 e. The lowest BCUT2D eigenvalue weighted by atomic mass is 9.83. The zero-order chi connectivity index (χ0) is 19.6. The number of rotatable bonds is 4.